The molecule has 2 heterocycles. The summed E-state index contributed by atoms with van der Waals surface area (Å²) in [7, 11) is 0. The lowest BCUT2D eigenvalue weighted by atomic mass is 10.0. The number of benzene rings is 1. The maximum absolute atomic E-state index is 12.7. The average Bonchev–Trinajstić information content (AvgIpc) is 3.31. The molecule has 1 saturated carbocycles. The minimum atomic E-state index is -0.893. The highest BCUT2D eigenvalue weighted by atomic mass is 16.5. The third-order valence-corrected chi connectivity index (χ3v) is 4.97. The van der Waals surface area contributed by atoms with Crippen molar-refractivity contribution < 1.29 is 19.2 Å². The van der Waals surface area contributed by atoms with Crippen molar-refractivity contribution in [1.29, 1.82) is 0 Å². The molecule has 2 fully saturated rings. The average molecular weight is 341 g/mol. The Morgan fingerprint density at radius 1 is 1.16 bits per heavy atom. The molecule has 0 bridgehead atoms. The zero-order valence-electron chi connectivity index (χ0n) is 13.7. The molecule has 7 heteroatoms. The van der Waals surface area contributed by atoms with Crippen molar-refractivity contribution in [2.45, 2.75) is 31.7 Å². The van der Waals surface area contributed by atoms with Crippen molar-refractivity contribution in [3.63, 3.8) is 0 Å². The predicted octanol–water partition coefficient (Wildman–Crippen LogP) is 2.51. The molecule has 7 nitrogen and oxygen atoms in total. The minimum absolute atomic E-state index is 0.100. The summed E-state index contributed by atoms with van der Waals surface area (Å²) in [6.45, 7) is 0.607. The molecule has 0 spiro atoms. The highest BCUT2D eigenvalue weighted by Gasteiger charge is 2.51. The third-order valence-electron chi connectivity index (χ3n) is 4.97. The van der Waals surface area contributed by atoms with Crippen LogP contribution in [-0.4, -0.2) is 38.6 Å². The van der Waals surface area contributed by atoms with Gasteiger partial charge in [0.05, 0.1) is 11.8 Å². The number of nitrogens with zero attached hydrogens (tertiary/aromatic N) is 3. The zero-order chi connectivity index (χ0) is 17.4. The van der Waals surface area contributed by atoms with Crippen LogP contribution in [0.2, 0.25) is 0 Å². The number of aromatic nitrogens is 2. The summed E-state index contributed by atoms with van der Waals surface area (Å²) in [5.41, 5.74) is 0.860. The van der Waals surface area contributed by atoms with E-state index < -0.39 is 17.8 Å². The summed E-state index contributed by atoms with van der Waals surface area (Å²) < 4.78 is 5.44. The molecule has 1 saturated heterocycles. The Morgan fingerprint density at radius 3 is 2.68 bits per heavy atom. The number of carbonyl (C=O) groups is 2. The summed E-state index contributed by atoms with van der Waals surface area (Å²) in [4.78, 5) is 30.0. The number of hydrogen-bond donors (Lipinski definition) is 1. The fourth-order valence-corrected chi connectivity index (χ4v) is 3.48. The molecule has 2 aromatic rings. The van der Waals surface area contributed by atoms with Crippen molar-refractivity contribution in [2.75, 3.05) is 6.54 Å². The normalized spacial score (nSPS) is 25.6. The van der Waals surface area contributed by atoms with E-state index in [1.165, 1.54) is 0 Å². The van der Waals surface area contributed by atoms with Gasteiger partial charge in [-0.05, 0) is 25.7 Å². The number of carbonyl (C=O) groups excluding carboxylic acids is 1. The van der Waals surface area contributed by atoms with E-state index in [2.05, 4.69) is 10.1 Å². The van der Waals surface area contributed by atoms with Crippen LogP contribution in [0.4, 0.5) is 0 Å². The second-order valence-corrected chi connectivity index (χ2v) is 6.65. The first kappa shape index (κ1) is 15.8. The van der Waals surface area contributed by atoms with Gasteiger partial charge in [-0.25, -0.2) is 0 Å². The number of hydrogen-bond acceptors (Lipinski definition) is 5. The molecule has 3 atom stereocenters. The molecule has 1 amide bonds. The van der Waals surface area contributed by atoms with Gasteiger partial charge in [0.1, 0.15) is 6.04 Å². The fourth-order valence-electron chi connectivity index (χ4n) is 3.48. The Bertz CT molecular complexity index is 789. The zero-order valence-corrected chi connectivity index (χ0v) is 13.7. The van der Waals surface area contributed by atoms with Crippen LogP contribution >= 0.6 is 0 Å². The lowest BCUT2D eigenvalue weighted by Gasteiger charge is -2.33. The van der Waals surface area contributed by atoms with Crippen LogP contribution in [-0.2, 0) is 9.59 Å². The third kappa shape index (κ3) is 3.01. The second-order valence-electron chi connectivity index (χ2n) is 6.65. The standard InChI is InChI=1S/C18H19N3O4/c22-17(12-10-13(12)18(23)24)21-9-5-4-8-14(21)16-19-15(20-25-16)11-6-2-1-3-7-11/h1-3,6-7,12-14H,4-5,8-10H2,(H,23,24)/t12-,13-,14-/m1/s1. The number of carboxylic acids is 1. The molecule has 1 aliphatic carbocycles. The van der Waals surface area contributed by atoms with E-state index in [9.17, 15) is 9.59 Å². The Labute approximate surface area is 144 Å². The van der Waals surface area contributed by atoms with Crippen LogP contribution in [0.1, 0.15) is 37.6 Å². The predicted molar refractivity (Wildman–Crippen MR) is 87.3 cm³/mol. The van der Waals surface area contributed by atoms with Crippen molar-refractivity contribution in [3.05, 3.63) is 36.2 Å². The molecule has 0 unspecified atom stereocenters. The van der Waals surface area contributed by atoms with Gasteiger partial charge in [-0.15, -0.1) is 0 Å². The van der Waals surface area contributed by atoms with Gasteiger partial charge in [-0.3, -0.25) is 9.59 Å². The highest BCUT2D eigenvalue weighted by Crippen LogP contribution is 2.43. The number of piperidine rings is 1. The van der Waals surface area contributed by atoms with Gasteiger partial charge >= 0.3 is 5.97 Å². The quantitative estimate of drug-likeness (QED) is 0.918. The topological polar surface area (TPSA) is 96.5 Å². The summed E-state index contributed by atoms with van der Waals surface area (Å²) in [6, 6.07) is 9.27. The van der Waals surface area contributed by atoms with Gasteiger partial charge in [0.15, 0.2) is 0 Å². The van der Waals surface area contributed by atoms with E-state index >= 15 is 0 Å². The first-order chi connectivity index (χ1) is 12.1. The molecule has 2 aliphatic rings. The summed E-state index contributed by atoms with van der Waals surface area (Å²) >= 11 is 0. The lowest BCUT2D eigenvalue weighted by molar-refractivity contribution is -0.143. The molecule has 1 N–H and O–H groups in total. The largest absolute Gasteiger partial charge is 0.481 e. The number of rotatable bonds is 4. The van der Waals surface area contributed by atoms with E-state index in [0.717, 1.165) is 24.8 Å². The van der Waals surface area contributed by atoms with E-state index in [1.807, 2.05) is 30.3 Å². The van der Waals surface area contributed by atoms with Crippen molar-refractivity contribution in [2.24, 2.45) is 11.8 Å². The smallest absolute Gasteiger partial charge is 0.307 e. The molecule has 4 rings (SSSR count). The monoisotopic (exact) mass is 341 g/mol. The first-order valence-electron chi connectivity index (χ1n) is 8.57. The Hall–Kier alpha value is -2.70. The molecule has 1 aromatic heterocycles. The van der Waals surface area contributed by atoms with Gasteiger partial charge in [0.25, 0.3) is 0 Å². The van der Waals surface area contributed by atoms with Gasteiger partial charge in [-0.1, -0.05) is 35.5 Å². The molecule has 0 radical (unpaired) electrons. The number of aliphatic carboxylic acids is 1. The first-order valence-corrected chi connectivity index (χ1v) is 8.57. The maximum atomic E-state index is 12.7. The van der Waals surface area contributed by atoms with Crippen LogP contribution in [0.3, 0.4) is 0 Å². The van der Waals surface area contributed by atoms with Gasteiger partial charge in [0.2, 0.25) is 17.6 Å². The van der Waals surface area contributed by atoms with E-state index in [0.29, 0.717) is 24.7 Å². The maximum Gasteiger partial charge on any atom is 0.307 e. The molecule has 25 heavy (non-hydrogen) atoms. The molecular weight excluding hydrogens is 322 g/mol. The van der Waals surface area contributed by atoms with Gasteiger partial charge in [0, 0.05) is 12.1 Å². The van der Waals surface area contributed by atoms with E-state index in [-0.39, 0.29) is 11.9 Å². The summed E-state index contributed by atoms with van der Waals surface area (Å²) in [5.74, 6) is -1.01. The Morgan fingerprint density at radius 2 is 1.96 bits per heavy atom. The Balaban J connectivity index is 1.55. The lowest BCUT2D eigenvalue weighted by Crippen LogP contribution is -2.40. The molecule has 1 aliphatic heterocycles. The van der Waals surface area contributed by atoms with E-state index in [4.69, 9.17) is 9.63 Å². The van der Waals surface area contributed by atoms with Crippen LogP contribution in [0.25, 0.3) is 11.4 Å². The van der Waals surface area contributed by atoms with E-state index in [1.54, 1.807) is 4.90 Å². The van der Waals surface area contributed by atoms with Crippen LogP contribution in [0.5, 0.6) is 0 Å². The van der Waals surface area contributed by atoms with Crippen molar-refractivity contribution in [1.82, 2.24) is 15.0 Å². The molecule has 1 aromatic carbocycles. The number of carboxylic acid groups (broad SMARTS) is 1. The Kier molecular flexibility index (Phi) is 3.99. The highest BCUT2D eigenvalue weighted by molar-refractivity contribution is 5.89. The van der Waals surface area contributed by atoms with Crippen LogP contribution in [0, 0.1) is 11.8 Å². The molecular formula is C18H19N3O4. The number of likely N-dealkylation sites (tertiary alicyclic amines) is 1. The van der Waals surface area contributed by atoms with Crippen molar-refractivity contribution >= 4 is 11.9 Å². The van der Waals surface area contributed by atoms with Gasteiger partial charge in [-0.2, -0.15) is 4.98 Å². The van der Waals surface area contributed by atoms with Gasteiger partial charge < -0.3 is 14.5 Å². The summed E-state index contributed by atoms with van der Waals surface area (Å²) in [6.07, 6.45) is 3.07. The SMILES string of the molecule is O=C(O)[C@@H]1C[C@H]1C(=O)N1CCCC[C@@H]1c1nc(-c2ccccc2)no1. The van der Waals surface area contributed by atoms with Crippen LogP contribution < -0.4 is 0 Å². The summed E-state index contributed by atoms with van der Waals surface area (Å²) in [5, 5.41) is 13.1. The number of amides is 1. The second kappa shape index (κ2) is 6.31. The fraction of sp³-hybridized carbons (Fsp3) is 0.444. The van der Waals surface area contributed by atoms with Crippen LogP contribution in [0.15, 0.2) is 34.9 Å². The van der Waals surface area contributed by atoms with Crippen molar-refractivity contribution in [3.8, 4) is 11.4 Å². The molecule has 130 valence electrons. The minimum Gasteiger partial charge on any atom is -0.481 e.